The molecular weight excluding hydrogens is 387 g/mol. The fraction of sp³-hybridized carbons (Fsp3) is 0.200. The highest BCUT2D eigenvalue weighted by Crippen LogP contribution is 2.29. The number of hydrogen-bond donors (Lipinski definition) is 1. The lowest BCUT2D eigenvalue weighted by Crippen LogP contribution is -2.23. The summed E-state index contributed by atoms with van der Waals surface area (Å²) in [4.78, 5) is 12.0. The van der Waals surface area contributed by atoms with Gasteiger partial charge in [-0.3, -0.25) is 0 Å². The number of H-pyrrole nitrogens is 1. The van der Waals surface area contributed by atoms with Gasteiger partial charge in [0, 0.05) is 21.7 Å². The molecule has 0 aliphatic heterocycles. The predicted molar refractivity (Wildman–Crippen MR) is 106 cm³/mol. The molecule has 1 N–H and O–H groups in total. The van der Waals surface area contributed by atoms with E-state index in [1.54, 1.807) is 48.5 Å². The first-order chi connectivity index (χ1) is 12.7. The molecule has 0 unspecified atom stereocenters. The Balaban J connectivity index is 1.71. The molecule has 27 heavy (non-hydrogen) atoms. The maximum atomic E-state index is 12.0. The minimum Gasteiger partial charge on any atom is -0.456 e. The Morgan fingerprint density at radius 2 is 1.63 bits per heavy atom. The van der Waals surface area contributed by atoms with Crippen molar-refractivity contribution in [2.75, 3.05) is 0 Å². The number of nitrogens with one attached hydrogen (secondary N) is 1. The molecule has 0 atom stereocenters. The molecule has 140 valence electrons. The average molecular weight is 405 g/mol. The fourth-order valence-electron chi connectivity index (χ4n) is 2.33. The summed E-state index contributed by atoms with van der Waals surface area (Å²) in [7, 11) is 0. The van der Waals surface area contributed by atoms with Gasteiger partial charge in [-0.15, -0.1) is 0 Å². The van der Waals surface area contributed by atoms with Gasteiger partial charge in [-0.25, -0.2) is 9.89 Å². The van der Waals surface area contributed by atoms with Crippen molar-refractivity contribution in [3.8, 4) is 22.9 Å². The summed E-state index contributed by atoms with van der Waals surface area (Å²) in [6.45, 7) is 5.47. The third-order valence-electron chi connectivity index (χ3n) is 3.43. The Kier molecular flexibility index (Phi) is 5.44. The van der Waals surface area contributed by atoms with Crippen LogP contribution in [0.15, 0.2) is 48.5 Å². The van der Waals surface area contributed by atoms with Crippen molar-refractivity contribution in [1.82, 2.24) is 10.2 Å². The highest BCUT2D eigenvalue weighted by Gasteiger charge is 2.17. The number of rotatable bonds is 4. The summed E-state index contributed by atoms with van der Waals surface area (Å²) in [5.74, 6) is 0.628. The van der Waals surface area contributed by atoms with Crippen LogP contribution in [0.2, 0.25) is 10.0 Å². The first-order valence-corrected chi connectivity index (χ1v) is 8.98. The second-order valence-corrected chi connectivity index (χ2v) is 7.78. The van der Waals surface area contributed by atoms with Gasteiger partial charge in [0.05, 0.1) is 11.3 Å². The molecule has 0 radical (unpaired) electrons. The molecule has 0 amide bonds. The van der Waals surface area contributed by atoms with E-state index >= 15 is 0 Å². The molecule has 1 heterocycles. The maximum absolute atomic E-state index is 12.0. The number of benzene rings is 2. The number of carbonyl (C=O) groups is 1. The molecule has 5 nitrogen and oxygen atoms in total. The summed E-state index contributed by atoms with van der Waals surface area (Å²) >= 11 is 12.1. The van der Waals surface area contributed by atoms with Gasteiger partial charge in [0.15, 0.2) is 0 Å². The molecule has 0 saturated heterocycles. The molecule has 7 heteroatoms. The summed E-state index contributed by atoms with van der Waals surface area (Å²) in [5.41, 5.74) is 1.34. The second kappa shape index (κ2) is 7.62. The van der Waals surface area contributed by atoms with Crippen LogP contribution in [0, 0.1) is 0 Å². The van der Waals surface area contributed by atoms with Crippen molar-refractivity contribution in [2.45, 2.75) is 26.4 Å². The lowest BCUT2D eigenvalue weighted by Gasteiger charge is -2.19. The maximum Gasteiger partial charge on any atom is 0.338 e. The normalized spacial score (nSPS) is 11.3. The van der Waals surface area contributed by atoms with Gasteiger partial charge in [0.2, 0.25) is 5.88 Å². The van der Waals surface area contributed by atoms with Gasteiger partial charge in [0.25, 0.3) is 0 Å². The third-order valence-corrected chi connectivity index (χ3v) is 3.87. The van der Waals surface area contributed by atoms with Gasteiger partial charge in [-0.1, -0.05) is 23.2 Å². The standard InChI is InChI=1S/C20H18Cl2N2O3/c1-20(2,3)27-19(25)12-4-6-16(7-5-12)26-18-11-17(23-24-18)13-8-14(21)10-15(22)9-13/h4-11H,1-3H3,(H,23,24). The van der Waals surface area contributed by atoms with E-state index in [1.165, 1.54) is 0 Å². The highest BCUT2D eigenvalue weighted by molar-refractivity contribution is 6.35. The van der Waals surface area contributed by atoms with Crippen molar-refractivity contribution in [1.29, 1.82) is 0 Å². The van der Waals surface area contributed by atoms with E-state index < -0.39 is 5.60 Å². The number of ether oxygens (including phenoxy) is 2. The lowest BCUT2D eigenvalue weighted by molar-refractivity contribution is 0.00695. The van der Waals surface area contributed by atoms with E-state index in [0.29, 0.717) is 32.9 Å². The van der Waals surface area contributed by atoms with Gasteiger partial charge in [-0.2, -0.15) is 5.10 Å². The Morgan fingerprint density at radius 3 is 2.22 bits per heavy atom. The number of hydrogen-bond acceptors (Lipinski definition) is 4. The Hall–Kier alpha value is -2.50. The molecule has 2 aromatic carbocycles. The minimum atomic E-state index is -0.540. The number of aromatic amines is 1. The first kappa shape index (κ1) is 19.3. The van der Waals surface area contributed by atoms with Gasteiger partial charge >= 0.3 is 5.97 Å². The Labute approximate surface area is 167 Å². The predicted octanol–water partition coefficient (Wildman–Crippen LogP) is 6.13. The number of aromatic nitrogens is 2. The first-order valence-electron chi connectivity index (χ1n) is 8.23. The zero-order chi connectivity index (χ0) is 19.6. The summed E-state index contributed by atoms with van der Waals surface area (Å²) < 4.78 is 11.1. The second-order valence-electron chi connectivity index (χ2n) is 6.90. The topological polar surface area (TPSA) is 64.2 Å². The Morgan fingerprint density at radius 1 is 1.00 bits per heavy atom. The summed E-state index contributed by atoms with van der Waals surface area (Å²) in [5, 5.41) is 8.08. The lowest BCUT2D eigenvalue weighted by atomic mass is 10.1. The molecule has 0 spiro atoms. The SMILES string of the molecule is CC(C)(C)OC(=O)c1ccc(Oc2cc(-c3cc(Cl)cc(Cl)c3)n[nH]2)cc1. The monoisotopic (exact) mass is 404 g/mol. The van der Waals surface area contributed by atoms with E-state index in [2.05, 4.69) is 10.2 Å². The molecule has 0 saturated carbocycles. The smallest absolute Gasteiger partial charge is 0.338 e. The van der Waals surface area contributed by atoms with E-state index in [9.17, 15) is 4.79 Å². The van der Waals surface area contributed by atoms with Crippen molar-refractivity contribution in [2.24, 2.45) is 0 Å². The number of nitrogens with zero attached hydrogens (tertiary/aromatic N) is 1. The molecule has 1 aromatic heterocycles. The van der Waals surface area contributed by atoms with E-state index in [0.717, 1.165) is 5.56 Å². The zero-order valence-corrected chi connectivity index (χ0v) is 16.6. The van der Waals surface area contributed by atoms with Crippen LogP contribution in [0.25, 0.3) is 11.3 Å². The van der Waals surface area contributed by atoms with Crippen LogP contribution >= 0.6 is 23.2 Å². The molecule has 3 rings (SSSR count). The number of carbonyl (C=O) groups excluding carboxylic acids is 1. The number of esters is 1. The third kappa shape index (κ3) is 5.25. The van der Waals surface area contributed by atoms with Crippen LogP contribution in [-0.4, -0.2) is 21.8 Å². The summed E-state index contributed by atoms with van der Waals surface area (Å²) in [6.07, 6.45) is 0. The fourth-order valence-corrected chi connectivity index (χ4v) is 2.86. The molecule has 3 aromatic rings. The highest BCUT2D eigenvalue weighted by atomic mass is 35.5. The van der Waals surface area contributed by atoms with Gasteiger partial charge in [-0.05, 0) is 63.2 Å². The summed E-state index contributed by atoms with van der Waals surface area (Å²) in [6, 6.07) is 13.6. The van der Waals surface area contributed by atoms with E-state index in [1.807, 2.05) is 20.8 Å². The molecular formula is C20H18Cl2N2O3. The molecule has 0 aliphatic rings. The van der Waals surface area contributed by atoms with Gasteiger partial charge < -0.3 is 9.47 Å². The quantitative estimate of drug-likeness (QED) is 0.531. The van der Waals surface area contributed by atoms with Crippen LogP contribution in [-0.2, 0) is 4.74 Å². The van der Waals surface area contributed by atoms with Crippen molar-refractivity contribution in [3.63, 3.8) is 0 Å². The van der Waals surface area contributed by atoms with Crippen LogP contribution in [0.1, 0.15) is 31.1 Å². The van der Waals surface area contributed by atoms with Crippen molar-refractivity contribution < 1.29 is 14.3 Å². The molecule has 0 bridgehead atoms. The average Bonchev–Trinajstić information content (AvgIpc) is 3.01. The molecule has 0 fully saturated rings. The van der Waals surface area contributed by atoms with Crippen LogP contribution < -0.4 is 4.74 Å². The van der Waals surface area contributed by atoms with Crippen LogP contribution in [0.4, 0.5) is 0 Å². The van der Waals surface area contributed by atoms with E-state index in [-0.39, 0.29) is 5.97 Å². The zero-order valence-electron chi connectivity index (χ0n) is 15.0. The van der Waals surface area contributed by atoms with Crippen molar-refractivity contribution in [3.05, 3.63) is 64.1 Å². The van der Waals surface area contributed by atoms with Gasteiger partial charge in [0.1, 0.15) is 11.4 Å². The van der Waals surface area contributed by atoms with Crippen LogP contribution in [0.5, 0.6) is 11.6 Å². The minimum absolute atomic E-state index is 0.379. The van der Waals surface area contributed by atoms with E-state index in [4.69, 9.17) is 32.7 Å². The molecule has 0 aliphatic carbocycles. The number of halogens is 2. The Bertz CT molecular complexity index is 940. The largest absolute Gasteiger partial charge is 0.456 e. The van der Waals surface area contributed by atoms with Crippen molar-refractivity contribution >= 4 is 29.2 Å². The van der Waals surface area contributed by atoms with Crippen LogP contribution in [0.3, 0.4) is 0 Å².